The third-order valence-electron chi connectivity index (χ3n) is 2.45. The molecule has 0 saturated carbocycles. The number of amides is 1. The molecule has 0 bridgehead atoms. The molecule has 0 radical (unpaired) electrons. The minimum atomic E-state index is -0.770. The molecule has 1 aliphatic rings. The zero-order valence-electron chi connectivity index (χ0n) is 9.66. The number of rotatable bonds is 3. The van der Waals surface area contributed by atoms with Crippen LogP contribution in [0.2, 0.25) is 0 Å². The first kappa shape index (κ1) is 14.7. The van der Waals surface area contributed by atoms with Crippen LogP contribution in [0.1, 0.15) is 20.3 Å². The van der Waals surface area contributed by atoms with Crippen LogP contribution in [0.15, 0.2) is 0 Å². The monoisotopic (exact) mass is 236 g/mol. The highest BCUT2D eigenvalue weighted by Gasteiger charge is 2.27. The average molecular weight is 237 g/mol. The highest BCUT2D eigenvalue weighted by Crippen LogP contribution is 2.14. The fourth-order valence-electron chi connectivity index (χ4n) is 1.69. The van der Waals surface area contributed by atoms with Gasteiger partial charge in [-0.3, -0.25) is 4.79 Å². The lowest BCUT2D eigenvalue weighted by Crippen LogP contribution is -2.50. The molecule has 1 rings (SSSR count). The Morgan fingerprint density at radius 3 is 2.60 bits per heavy atom. The van der Waals surface area contributed by atoms with E-state index in [9.17, 15) is 4.79 Å². The summed E-state index contributed by atoms with van der Waals surface area (Å²) < 4.78 is 5.25. The second-order valence-electron chi connectivity index (χ2n) is 4.64. The molecule has 1 aliphatic heterocycles. The van der Waals surface area contributed by atoms with Crippen LogP contribution >= 0.6 is 12.4 Å². The van der Waals surface area contributed by atoms with Crippen LogP contribution in [-0.2, 0) is 9.53 Å². The maximum atomic E-state index is 11.7. The minimum Gasteiger partial charge on any atom is -0.381 e. The van der Waals surface area contributed by atoms with Crippen molar-refractivity contribution in [3.63, 3.8) is 0 Å². The predicted molar refractivity (Wildman–Crippen MR) is 62.1 cm³/mol. The van der Waals surface area contributed by atoms with Crippen molar-refractivity contribution in [1.82, 2.24) is 4.90 Å². The van der Waals surface area contributed by atoms with E-state index in [4.69, 9.17) is 10.5 Å². The first-order valence-corrected chi connectivity index (χ1v) is 5.03. The van der Waals surface area contributed by atoms with Gasteiger partial charge in [0.2, 0.25) is 5.91 Å². The van der Waals surface area contributed by atoms with Crippen LogP contribution in [0.5, 0.6) is 0 Å². The van der Waals surface area contributed by atoms with Gasteiger partial charge in [-0.1, -0.05) is 0 Å². The summed E-state index contributed by atoms with van der Waals surface area (Å²) in [4.78, 5) is 13.4. The molecule has 1 saturated heterocycles. The zero-order valence-corrected chi connectivity index (χ0v) is 10.5. The van der Waals surface area contributed by atoms with Gasteiger partial charge in [0.05, 0.1) is 12.1 Å². The van der Waals surface area contributed by atoms with E-state index in [0.717, 1.165) is 26.2 Å². The topological polar surface area (TPSA) is 55.6 Å². The molecule has 90 valence electrons. The number of halogens is 1. The van der Waals surface area contributed by atoms with Crippen LogP contribution in [0.25, 0.3) is 0 Å². The van der Waals surface area contributed by atoms with E-state index in [1.165, 1.54) is 0 Å². The molecule has 1 unspecified atom stereocenters. The van der Waals surface area contributed by atoms with Crippen LogP contribution in [0, 0.1) is 5.92 Å². The van der Waals surface area contributed by atoms with Gasteiger partial charge in [0.25, 0.3) is 0 Å². The Morgan fingerprint density at radius 1 is 1.60 bits per heavy atom. The first-order chi connectivity index (χ1) is 6.41. The number of hydrogen-bond acceptors (Lipinski definition) is 3. The summed E-state index contributed by atoms with van der Waals surface area (Å²) in [5.74, 6) is 0.468. The minimum absolute atomic E-state index is 0. The number of likely N-dealkylation sites (N-methyl/N-ethyl adjacent to an activating group) is 1. The van der Waals surface area contributed by atoms with Gasteiger partial charge in [0, 0.05) is 26.1 Å². The van der Waals surface area contributed by atoms with Gasteiger partial charge in [0.15, 0.2) is 0 Å². The highest BCUT2D eigenvalue weighted by molar-refractivity contribution is 5.85. The summed E-state index contributed by atoms with van der Waals surface area (Å²) in [6, 6.07) is 0. The van der Waals surface area contributed by atoms with Crippen molar-refractivity contribution in [2.24, 2.45) is 11.7 Å². The molecule has 1 amide bonds. The van der Waals surface area contributed by atoms with Crippen molar-refractivity contribution < 1.29 is 9.53 Å². The van der Waals surface area contributed by atoms with Crippen LogP contribution in [-0.4, -0.2) is 43.2 Å². The molecular formula is C10H21ClN2O2. The largest absolute Gasteiger partial charge is 0.381 e. The van der Waals surface area contributed by atoms with Crippen molar-refractivity contribution >= 4 is 18.3 Å². The number of nitrogens with zero attached hydrogens (tertiary/aromatic N) is 1. The Labute approximate surface area is 97.5 Å². The number of ether oxygens (including phenoxy) is 1. The number of nitrogens with two attached hydrogens (primary N) is 1. The summed E-state index contributed by atoms with van der Waals surface area (Å²) >= 11 is 0. The lowest BCUT2D eigenvalue weighted by Gasteiger charge is -2.27. The van der Waals surface area contributed by atoms with Gasteiger partial charge < -0.3 is 15.4 Å². The Hall–Kier alpha value is -0.320. The molecule has 1 fully saturated rings. The third kappa shape index (κ3) is 4.36. The Morgan fingerprint density at radius 2 is 2.20 bits per heavy atom. The van der Waals surface area contributed by atoms with Gasteiger partial charge >= 0.3 is 0 Å². The van der Waals surface area contributed by atoms with E-state index < -0.39 is 5.54 Å². The maximum absolute atomic E-state index is 11.7. The smallest absolute Gasteiger partial charge is 0.241 e. The van der Waals surface area contributed by atoms with Crippen molar-refractivity contribution in [3.8, 4) is 0 Å². The Kier molecular flexibility index (Phi) is 5.56. The fourth-order valence-corrected chi connectivity index (χ4v) is 1.69. The van der Waals surface area contributed by atoms with Crippen LogP contribution in [0.3, 0.4) is 0 Å². The predicted octanol–water partition coefficient (Wildman–Crippen LogP) is 0.640. The van der Waals surface area contributed by atoms with Crippen molar-refractivity contribution in [1.29, 1.82) is 0 Å². The van der Waals surface area contributed by atoms with Gasteiger partial charge in [-0.2, -0.15) is 0 Å². The van der Waals surface area contributed by atoms with Crippen molar-refractivity contribution in [2.45, 2.75) is 25.8 Å². The molecule has 0 aromatic rings. The van der Waals surface area contributed by atoms with E-state index in [2.05, 4.69) is 0 Å². The third-order valence-corrected chi connectivity index (χ3v) is 2.45. The molecule has 15 heavy (non-hydrogen) atoms. The van der Waals surface area contributed by atoms with Crippen molar-refractivity contribution in [3.05, 3.63) is 0 Å². The van der Waals surface area contributed by atoms with E-state index >= 15 is 0 Å². The molecule has 0 aromatic heterocycles. The quantitative estimate of drug-likeness (QED) is 0.783. The average Bonchev–Trinajstić information content (AvgIpc) is 2.53. The second kappa shape index (κ2) is 5.68. The summed E-state index contributed by atoms with van der Waals surface area (Å²) in [6.07, 6.45) is 1.04. The van der Waals surface area contributed by atoms with Crippen LogP contribution < -0.4 is 5.73 Å². The van der Waals surface area contributed by atoms with Crippen molar-refractivity contribution in [2.75, 3.05) is 26.8 Å². The maximum Gasteiger partial charge on any atom is 0.241 e. The number of hydrogen-bond donors (Lipinski definition) is 1. The Balaban J connectivity index is 0.00000196. The lowest BCUT2D eigenvalue weighted by atomic mass is 10.0. The SMILES string of the molecule is CN(CC1CCOC1)C(=O)C(C)(C)N.Cl. The zero-order chi connectivity index (χ0) is 10.8. The fraction of sp³-hybridized carbons (Fsp3) is 0.900. The summed E-state index contributed by atoms with van der Waals surface area (Å²) in [5.41, 5.74) is 4.96. The first-order valence-electron chi connectivity index (χ1n) is 5.03. The molecule has 1 atom stereocenters. The molecule has 1 heterocycles. The molecule has 5 heteroatoms. The standard InChI is InChI=1S/C10H20N2O2.ClH/c1-10(2,11)9(13)12(3)6-8-4-5-14-7-8;/h8H,4-7,11H2,1-3H3;1H. The Bertz CT molecular complexity index is 210. The summed E-state index contributed by atoms with van der Waals surface area (Å²) in [5, 5.41) is 0. The number of carbonyl (C=O) groups excluding carboxylic acids is 1. The molecule has 4 nitrogen and oxygen atoms in total. The highest BCUT2D eigenvalue weighted by atomic mass is 35.5. The van der Waals surface area contributed by atoms with Gasteiger partial charge in [-0.15, -0.1) is 12.4 Å². The molecule has 0 aromatic carbocycles. The molecular weight excluding hydrogens is 216 g/mol. The summed E-state index contributed by atoms with van der Waals surface area (Å²) in [6.45, 7) is 5.80. The lowest BCUT2D eigenvalue weighted by molar-refractivity contribution is -0.135. The van der Waals surface area contributed by atoms with Gasteiger partial charge in [-0.05, 0) is 20.3 Å². The van der Waals surface area contributed by atoms with Gasteiger partial charge in [-0.25, -0.2) is 0 Å². The normalized spacial score (nSPS) is 20.9. The number of carbonyl (C=O) groups is 1. The van der Waals surface area contributed by atoms with Crippen LogP contribution in [0.4, 0.5) is 0 Å². The molecule has 2 N–H and O–H groups in total. The van der Waals surface area contributed by atoms with Gasteiger partial charge in [0.1, 0.15) is 0 Å². The van der Waals surface area contributed by atoms with E-state index in [-0.39, 0.29) is 18.3 Å². The molecule has 0 spiro atoms. The van der Waals surface area contributed by atoms with E-state index in [1.807, 2.05) is 0 Å². The summed E-state index contributed by atoms with van der Waals surface area (Å²) in [7, 11) is 1.80. The van der Waals surface area contributed by atoms with E-state index in [1.54, 1.807) is 25.8 Å². The molecule has 0 aliphatic carbocycles. The second-order valence-corrected chi connectivity index (χ2v) is 4.64. The van der Waals surface area contributed by atoms with E-state index in [0.29, 0.717) is 5.92 Å².